The number of hydrogen-bond acceptors (Lipinski definition) is 3. The predicted molar refractivity (Wildman–Crippen MR) is 125 cm³/mol. The number of guanidine groups is 1. The van der Waals surface area contributed by atoms with Gasteiger partial charge in [-0.2, -0.15) is 0 Å². The molecule has 2 aromatic rings. The van der Waals surface area contributed by atoms with Crippen LogP contribution in [-0.2, 0) is 14.9 Å². The summed E-state index contributed by atoms with van der Waals surface area (Å²) in [4.78, 5) is 17.1. The van der Waals surface area contributed by atoms with Gasteiger partial charge in [-0.3, -0.25) is 9.79 Å². The summed E-state index contributed by atoms with van der Waals surface area (Å²) in [6, 6.07) is 18.7. The Balaban J connectivity index is 1.49. The summed E-state index contributed by atoms with van der Waals surface area (Å²) in [6.07, 6.45) is 2.42. The number of anilines is 1. The van der Waals surface area contributed by atoms with Crippen LogP contribution in [0.1, 0.15) is 43.2 Å². The lowest BCUT2D eigenvalue weighted by atomic mass is 9.74. The van der Waals surface area contributed by atoms with Gasteiger partial charge in [0.2, 0.25) is 5.91 Å². The van der Waals surface area contributed by atoms with Gasteiger partial charge in [-0.1, -0.05) is 48.5 Å². The molecule has 6 nitrogen and oxygen atoms in total. The van der Waals surface area contributed by atoms with E-state index in [1.54, 1.807) is 0 Å². The van der Waals surface area contributed by atoms with Gasteiger partial charge in [0.25, 0.3) is 0 Å². The number of fused-ring (bicyclic) bond motifs is 1. The van der Waals surface area contributed by atoms with E-state index in [2.05, 4.69) is 59.3 Å². The highest BCUT2D eigenvalue weighted by Gasteiger charge is 2.34. The van der Waals surface area contributed by atoms with Gasteiger partial charge in [-0.15, -0.1) is 0 Å². The van der Waals surface area contributed by atoms with Gasteiger partial charge in [0.05, 0.1) is 6.54 Å². The van der Waals surface area contributed by atoms with Crippen molar-refractivity contribution in [3.05, 3.63) is 65.7 Å². The second kappa shape index (κ2) is 9.96. The quantitative estimate of drug-likeness (QED) is 0.495. The number of carbonyl (C=O) groups is 1. The minimum atomic E-state index is -0.000808. The molecule has 1 amide bonds. The molecule has 2 aliphatic heterocycles. The van der Waals surface area contributed by atoms with E-state index >= 15 is 0 Å². The summed E-state index contributed by atoms with van der Waals surface area (Å²) in [6.45, 7) is 5.76. The van der Waals surface area contributed by atoms with E-state index in [1.165, 1.54) is 11.1 Å². The van der Waals surface area contributed by atoms with Gasteiger partial charge < -0.3 is 20.7 Å². The first-order chi connectivity index (χ1) is 15.2. The highest BCUT2D eigenvalue weighted by molar-refractivity contribution is 5.94. The first-order valence-electron chi connectivity index (χ1n) is 11.2. The summed E-state index contributed by atoms with van der Waals surface area (Å²) in [5, 5.41) is 9.83. The van der Waals surface area contributed by atoms with Crippen molar-refractivity contribution in [3.63, 3.8) is 0 Å². The summed E-state index contributed by atoms with van der Waals surface area (Å²) >= 11 is 0. The molecule has 1 atom stereocenters. The fourth-order valence-corrected chi connectivity index (χ4v) is 4.57. The Hall–Kier alpha value is -2.86. The first-order valence-corrected chi connectivity index (χ1v) is 11.2. The molecule has 0 spiro atoms. The van der Waals surface area contributed by atoms with Crippen LogP contribution in [0, 0.1) is 0 Å². The van der Waals surface area contributed by atoms with E-state index in [1.807, 2.05) is 18.2 Å². The van der Waals surface area contributed by atoms with E-state index in [9.17, 15) is 4.79 Å². The number of hydrogen-bond donors (Lipinski definition) is 3. The molecule has 0 saturated carbocycles. The molecule has 6 heteroatoms. The second-order valence-corrected chi connectivity index (χ2v) is 8.37. The number of aliphatic imine (C=N–C) groups is 1. The van der Waals surface area contributed by atoms with Crippen LogP contribution in [-0.4, -0.2) is 44.7 Å². The molecule has 0 aliphatic carbocycles. The highest BCUT2D eigenvalue weighted by Crippen LogP contribution is 2.35. The third-order valence-electron chi connectivity index (χ3n) is 6.34. The maximum atomic E-state index is 12.1. The molecule has 0 bridgehead atoms. The van der Waals surface area contributed by atoms with Crippen molar-refractivity contribution in [1.29, 1.82) is 0 Å². The van der Waals surface area contributed by atoms with E-state index in [0.717, 1.165) is 44.2 Å². The zero-order valence-corrected chi connectivity index (χ0v) is 18.2. The average Bonchev–Trinajstić information content (AvgIpc) is 2.82. The Morgan fingerprint density at radius 1 is 1.10 bits per heavy atom. The fourth-order valence-electron chi connectivity index (χ4n) is 4.57. The average molecular weight is 421 g/mol. The maximum absolute atomic E-state index is 12.1. The largest absolute Gasteiger partial charge is 0.381 e. The van der Waals surface area contributed by atoms with Crippen LogP contribution in [0.15, 0.2) is 59.6 Å². The molecule has 2 heterocycles. The lowest BCUT2D eigenvalue weighted by molar-refractivity contribution is -0.116. The molecule has 164 valence electrons. The van der Waals surface area contributed by atoms with Gasteiger partial charge in [-0.25, -0.2) is 0 Å². The van der Waals surface area contributed by atoms with Gasteiger partial charge in [-0.05, 0) is 37.0 Å². The Labute approximate surface area is 184 Å². The molecule has 2 aliphatic rings. The van der Waals surface area contributed by atoms with Crippen LogP contribution in [0.5, 0.6) is 0 Å². The van der Waals surface area contributed by atoms with E-state index < -0.39 is 0 Å². The van der Waals surface area contributed by atoms with E-state index in [-0.39, 0.29) is 17.2 Å². The second-order valence-electron chi connectivity index (χ2n) is 8.37. The van der Waals surface area contributed by atoms with Crippen molar-refractivity contribution < 1.29 is 9.53 Å². The molecule has 3 N–H and O–H groups in total. The van der Waals surface area contributed by atoms with Gasteiger partial charge in [0, 0.05) is 49.7 Å². The van der Waals surface area contributed by atoms with Gasteiger partial charge in [0.15, 0.2) is 5.96 Å². The monoisotopic (exact) mass is 420 g/mol. The van der Waals surface area contributed by atoms with E-state index in [0.29, 0.717) is 19.5 Å². The number of para-hydroxylation sites is 1. The third-order valence-corrected chi connectivity index (χ3v) is 6.34. The Bertz CT molecular complexity index is 907. The zero-order valence-electron chi connectivity index (χ0n) is 18.2. The van der Waals surface area contributed by atoms with Crippen LogP contribution in [0.2, 0.25) is 0 Å². The van der Waals surface area contributed by atoms with Crippen molar-refractivity contribution in [2.24, 2.45) is 4.99 Å². The van der Waals surface area contributed by atoms with Crippen molar-refractivity contribution in [2.75, 3.05) is 38.2 Å². The minimum absolute atomic E-state index is 0.000808. The molecule has 4 rings (SSSR count). The molecule has 1 saturated heterocycles. The minimum Gasteiger partial charge on any atom is -0.381 e. The number of nitrogens with zero attached hydrogens (tertiary/aromatic N) is 1. The number of nitrogens with one attached hydrogen (secondary N) is 3. The van der Waals surface area contributed by atoms with Gasteiger partial charge >= 0.3 is 0 Å². The predicted octanol–water partition coefficient (Wildman–Crippen LogP) is 3.42. The molecule has 1 fully saturated rings. The molecular formula is C25H32N4O2. The van der Waals surface area contributed by atoms with Crippen molar-refractivity contribution >= 4 is 17.6 Å². The van der Waals surface area contributed by atoms with Crippen LogP contribution < -0.4 is 16.0 Å². The van der Waals surface area contributed by atoms with Crippen LogP contribution in [0.25, 0.3) is 0 Å². The fraction of sp³-hybridized carbons (Fsp3) is 0.440. The smallest absolute Gasteiger partial charge is 0.225 e. The SMILES string of the molecule is CCNC(=NCC1(c2ccccc2)CCOCC1)NCC1CC(=O)Nc2ccccc21. The highest BCUT2D eigenvalue weighted by atomic mass is 16.5. The lowest BCUT2D eigenvalue weighted by Crippen LogP contribution is -2.43. The lowest BCUT2D eigenvalue weighted by Gasteiger charge is -2.36. The van der Waals surface area contributed by atoms with Crippen molar-refractivity contribution in [3.8, 4) is 0 Å². The number of ether oxygens (including phenoxy) is 1. The summed E-state index contributed by atoms with van der Waals surface area (Å²) in [5.41, 5.74) is 3.42. The Morgan fingerprint density at radius 3 is 2.61 bits per heavy atom. The van der Waals surface area contributed by atoms with E-state index in [4.69, 9.17) is 9.73 Å². The summed E-state index contributed by atoms with van der Waals surface area (Å²) in [5.74, 6) is 0.991. The number of amides is 1. The van der Waals surface area contributed by atoms with Crippen LogP contribution in [0.4, 0.5) is 5.69 Å². The maximum Gasteiger partial charge on any atom is 0.225 e. The Kier molecular flexibility index (Phi) is 6.87. The topological polar surface area (TPSA) is 74.8 Å². The normalized spacial score (nSPS) is 20.5. The number of carbonyl (C=O) groups excluding carboxylic acids is 1. The zero-order chi connectivity index (χ0) is 21.5. The summed E-state index contributed by atoms with van der Waals surface area (Å²) in [7, 11) is 0. The molecule has 0 radical (unpaired) electrons. The van der Waals surface area contributed by atoms with Gasteiger partial charge in [0.1, 0.15) is 0 Å². The number of benzene rings is 2. The molecule has 2 aromatic carbocycles. The molecular weight excluding hydrogens is 388 g/mol. The third kappa shape index (κ3) is 5.07. The Morgan fingerprint density at radius 2 is 1.84 bits per heavy atom. The molecule has 31 heavy (non-hydrogen) atoms. The number of rotatable bonds is 6. The standard InChI is InChI=1S/C25H32N4O2/c1-2-26-24(27-17-19-16-23(30)29-22-11-7-6-10-21(19)22)28-18-25(12-14-31-15-13-25)20-8-4-3-5-9-20/h3-11,19H,2,12-18H2,1H3,(H,29,30)(H2,26,27,28). The van der Waals surface area contributed by atoms with Crippen LogP contribution in [0.3, 0.4) is 0 Å². The first kappa shape index (κ1) is 21.4. The summed E-state index contributed by atoms with van der Waals surface area (Å²) < 4.78 is 5.65. The molecule has 1 unspecified atom stereocenters. The van der Waals surface area contributed by atoms with Crippen molar-refractivity contribution in [1.82, 2.24) is 10.6 Å². The van der Waals surface area contributed by atoms with Crippen LogP contribution >= 0.6 is 0 Å². The molecule has 0 aromatic heterocycles. The van der Waals surface area contributed by atoms with Crippen molar-refractivity contribution in [2.45, 2.75) is 37.5 Å².